The summed E-state index contributed by atoms with van der Waals surface area (Å²) in [5, 5.41) is 3.34. The topological polar surface area (TPSA) is 45.2 Å². The van der Waals surface area contributed by atoms with E-state index in [0.29, 0.717) is 0 Å². The Morgan fingerprint density at radius 3 is 2.72 bits per heavy atom. The van der Waals surface area contributed by atoms with Crippen molar-refractivity contribution < 1.29 is 4.79 Å². The minimum Gasteiger partial charge on any atom is -0.341 e. The Hall–Kier alpha value is -1.42. The van der Waals surface area contributed by atoms with Crippen LogP contribution in [0.4, 0.5) is 0 Å². The van der Waals surface area contributed by atoms with Crippen molar-refractivity contribution in [1.82, 2.24) is 15.2 Å². The molecule has 1 N–H and O–H groups in total. The minimum absolute atomic E-state index is 0.139. The summed E-state index contributed by atoms with van der Waals surface area (Å²) in [6, 6.07) is 3.94. The first-order chi connectivity index (χ1) is 8.68. The smallest absolute Gasteiger partial charge is 0.239 e. The van der Waals surface area contributed by atoms with Crippen LogP contribution >= 0.6 is 0 Å². The van der Waals surface area contributed by atoms with Gasteiger partial charge in [0, 0.05) is 31.5 Å². The number of carbonyl (C=O) groups excluding carboxylic acids is 1. The Morgan fingerprint density at radius 2 is 2.11 bits per heavy atom. The van der Waals surface area contributed by atoms with Gasteiger partial charge in [0.25, 0.3) is 0 Å². The average molecular weight is 247 g/mol. The highest BCUT2D eigenvalue weighted by Gasteiger charge is 2.24. The zero-order chi connectivity index (χ0) is 13.0. The normalized spacial score (nSPS) is 18.7. The number of pyridine rings is 1. The van der Waals surface area contributed by atoms with Gasteiger partial charge in [0.2, 0.25) is 5.91 Å². The van der Waals surface area contributed by atoms with E-state index in [9.17, 15) is 4.79 Å². The zero-order valence-corrected chi connectivity index (χ0v) is 11.1. The molecule has 2 rings (SSSR count). The number of nitrogens with zero attached hydrogens (tertiary/aromatic N) is 2. The first kappa shape index (κ1) is 13.0. The summed E-state index contributed by atoms with van der Waals surface area (Å²) in [4.78, 5) is 18.2. The van der Waals surface area contributed by atoms with Crippen LogP contribution in [0.3, 0.4) is 0 Å². The second-order valence-corrected chi connectivity index (χ2v) is 4.93. The fraction of sp³-hybridized carbons (Fsp3) is 0.571. The van der Waals surface area contributed by atoms with Crippen molar-refractivity contribution in [1.29, 1.82) is 0 Å². The van der Waals surface area contributed by atoms with Crippen LogP contribution in [0.25, 0.3) is 0 Å². The number of rotatable bonds is 4. The molecule has 0 saturated carbocycles. The number of likely N-dealkylation sites (tertiary alicyclic amines) is 1. The summed E-state index contributed by atoms with van der Waals surface area (Å²) in [5.41, 5.74) is 1.11. The zero-order valence-electron chi connectivity index (χ0n) is 11.1. The van der Waals surface area contributed by atoms with Gasteiger partial charge in [-0.3, -0.25) is 15.1 Å². The maximum Gasteiger partial charge on any atom is 0.239 e. The van der Waals surface area contributed by atoms with E-state index in [1.807, 2.05) is 30.2 Å². The molecule has 98 valence electrons. The van der Waals surface area contributed by atoms with Crippen LogP contribution in [0.2, 0.25) is 0 Å². The highest BCUT2D eigenvalue weighted by Crippen LogP contribution is 2.13. The average Bonchev–Trinajstić information content (AvgIpc) is 2.92. The van der Waals surface area contributed by atoms with E-state index in [2.05, 4.69) is 17.2 Å². The molecule has 4 heteroatoms. The van der Waals surface area contributed by atoms with Gasteiger partial charge >= 0.3 is 0 Å². The van der Waals surface area contributed by atoms with Crippen molar-refractivity contribution in [3.63, 3.8) is 0 Å². The molecule has 1 fully saturated rings. The summed E-state index contributed by atoms with van der Waals surface area (Å²) >= 11 is 0. The first-order valence-corrected chi connectivity index (χ1v) is 6.63. The Bertz CT molecular complexity index is 387. The second-order valence-electron chi connectivity index (χ2n) is 4.93. The summed E-state index contributed by atoms with van der Waals surface area (Å²) in [6.45, 7) is 5.82. The summed E-state index contributed by atoms with van der Waals surface area (Å²) in [7, 11) is 0. The predicted octanol–water partition coefficient (Wildman–Crippen LogP) is 1.74. The molecule has 0 aliphatic carbocycles. The Morgan fingerprint density at radius 1 is 1.39 bits per heavy atom. The Kier molecular flexibility index (Phi) is 4.31. The van der Waals surface area contributed by atoms with E-state index in [0.717, 1.165) is 31.5 Å². The van der Waals surface area contributed by atoms with E-state index in [4.69, 9.17) is 0 Å². The lowest BCUT2D eigenvalue weighted by Gasteiger charge is -2.24. The van der Waals surface area contributed by atoms with E-state index < -0.39 is 0 Å². The van der Waals surface area contributed by atoms with Crippen molar-refractivity contribution in [3.8, 4) is 0 Å². The SMILES string of the molecule is CC(N[C@H](C)c1cccnc1)C(=O)N1CCCC1. The third kappa shape index (κ3) is 3.07. The number of carbonyl (C=O) groups is 1. The molecule has 18 heavy (non-hydrogen) atoms. The fourth-order valence-electron chi connectivity index (χ4n) is 2.39. The molecule has 2 atom stereocenters. The standard InChI is InChI=1S/C14H21N3O/c1-11(13-6-5-7-15-10-13)16-12(2)14(18)17-8-3-4-9-17/h5-7,10-12,16H,3-4,8-9H2,1-2H3/t11-,12?/m1/s1. The highest BCUT2D eigenvalue weighted by molar-refractivity contribution is 5.81. The van der Waals surface area contributed by atoms with Gasteiger partial charge in [-0.25, -0.2) is 0 Å². The largest absolute Gasteiger partial charge is 0.341 e. The molecule has 2 heterocycles. The van der Waals surface area contributed by atoms with Gasteiger partial charge in [-0.15, -0.1) is 0 Å². The maximum atomic E-state index is 12.2. The van der Waals surface area contributed by atoms with Crippen LogP contribution in [0.1, 0.15) is 38.3 Å². The van der Waals surface area contributed by atoms with Gasteiger partial charge < -0.3 is 4.90 Å². The molecule has 0 spiro atoms. The lowest BCUT2D eigenvalue weighted by atomic mass is 10.1. The molecule has 1 amide bonds. The monoisotopic (exact) mass is 247 g/mol. The third-order valence-corrected chi connectivity index (χ3v) is 3.47. The quantitative estimate of drug-likeness (QED) is 0.881. The summed E-state index contributed by atoms with van der Waals surface area (Å²) < 4.78 is 0. The molecule has 0 aromatic carbocycles. The number of hydrogen-bond donors (Lipinski definition) is 1. The van der Waals surface area contributed by atoms with Crippen molar-refractivity contribution in [3.05, 3.63) is 30.1 Å². The van der Waals surface area contributed by atoms with Crippen molar-refractivity contribution in [2.75, 3.05) is 13.1 Å². The summed E-state index contributed by atoms with van der Waals surface area (Å²) in [6.07, 6.45) is 5.87. The van der Waals surface area contributed by atoms with Gasteiger partial charge in [0.1, 0.15) is 0 Å². The van der Waals surface area contributed by atoms with Crippen LogP contribution in [0.15, 0.2) is 24.5 Å². The molecule has 4 nitrogen and oxygen atoms in total. The number of amides is 1. The molecule has 1 unspecified atom stereocenters. The third-order valence-electron chi connectivity index (χ3n) is 3.47. The number of nitrogens with one attached hydrogen (secondary N) is 1. The summed E-state index contributed by atoms with van der Waals surface area (Å²) in [5.74, 6) is 0.211. The molecular formula is C14H21N3O. The van der Waals surface area contributed by atoms with Crippen molar-refractivity contribution >= 4 is 5.91 Å². The molecule has 1 saturated heterocycles. The van der Waals surface area contributed by atoms with Crippen LogP contribution < -0.4 is 5.32 Å². The fourth-order valence-corrected chi connectivity index (χ4v) is 2.39. The molecule has 0 radical (unpaired) electrons. The van der Waals surface area contributed by atoms with Crippen LogP contribution in [0.5, 0.6) is 0 Å². The van der Waals surface area contributed by atoms with Gasteiger partial charge in [0.05, 0.1) is 6.04 Å². The predicted molar refractivity (Wildman–Crippen MR) is 71.1 cm³/mol. The second kappa shape index (κ2) is 5.96. The molecule has 1 aliphatic rings. The lowest BCUT2D eigenvalue weighted by Crippen LogP contribution is -2.44. The minimum atomic E-state index is -0.140. The van der Waals surface area contributed by atoms with E-state index in [1.54, 1.807) is 6.20 Å². The molecule has 0 bridgehead atoms. The number of aromatic nitrogens is 1. The van der Waals surface area contributed by atoms with Gasteiger partial charge in [-0.05, 0) is 38.3 Å². The molecular weight excluding hydrogens is 226 g/mol. The number of hydrogen-bond acceptors (Lipinski definition) is 3. The van der Waals surface area contributed by atoms with Crippen LogP contribution in [-0.2, 0) is 4.79 Å². The molecule has 1 aromatic rings. The first-order valence-electron chi connectivity index (χ1n) is 6.63. The van der Waals surface area contributed by atoms with Crippen LogP contribution in [0, 0.1) is 0 Å². The molecule has 1 aliphatic heterocycles. The van der Waals surface area contributed by atoms with Crippen molar-refractivity contribution in [2.45, 2.75) is 38.8 Å². The lowest BCUT2D eigenvalue weighted by molar-refractivity contribution is -0.132. The van der Waals surface area contributed by atoms with E-state index in [1.165, 1.54) is 0 Å². The van der Waals surface area contributed by atoms with Crippen LogP contribution in [-0.4, -0.2) is 34.9 Å². The molecule has 1 aromatic heterocycles. The Labute approximate surface area is 108 Å². The van der Waals surface area contributed by atoms with Gasteiger partial charge in [-0.1, -0.05) is 6.07 Å². The van der Waals surface area contributed by atoms with Gasteiger partial charge in [-0.2, -0.15) is 0 Å². The maximum absolute atomic E-state index is 12.2. The van der Waals surface area contributed by atoms with Crippen molar-refractivity contribution in [2.24, 2.45) is 0 Å². The van der Waals surface area contributed by atoms with E-state index in [-0.39, 0.29) is 18.0 Å². The van der Waals surface area contributed by atoms with E-state index >= 15 is 0 Å². The van der Waals surface area contributed by atoms with Gasteiger partial charge in [0.15, 0.2) is 0 Å². The Balaban J connectivity index is 1.90. The highest BCUT2D eigenvalue weighted by atomic mass is 16.2.